The number of carbonyl (C=O) groups excluding carboxylic acids is 1. The predicted octanol–water partition coefficient (Wildman–Crippen LogP) is 3.81. The summed E-state index contributed by atoms with van der Waals surface area (Å²) in [4.78, 5) is 11.4. The third-order valence-corrected chi connectivity index (χ3v) is 6.34. The maximum Gasteiger partial charge on any atom is 0.248 e. The number of fused-ring (bicyclic) bond motifs is 5. The third kappa shape index (κ3) is 1.88. The molecule has 1 saturated carbocycles. The highest BCUT2D eigenvalue weighted by molar-refractivity contribution is 5.93. The van der Waals surface area contributed by atoms with E-state index in [2.05, 4.69) is 25.1 Å². The molecule has 0 heterocycles. The zero-order chi connectivity index (χ0) is 14.6. The molecule has 0 bridgehead atoms. The van der Waals surface area contributed by atoms with Crippen molar-refractivity contribution in [1.29, 1.82) is 0 Å². The van der Waals surface area contributed by atoms with E-state index in [0.717, 1.165) is 18.3 Å². The summed E-state index contributed by atoms with van der Waals surface area (Å²) in [5.74, 6) is 2.01. The minimum absolute atomic E-state index is 0.309. The first-order valence-corrected chi connectivity index (χ1v) is 8.19. The van der Waals surface area contributed by atoms with Gasteiger partial charge in [-0.3, -0.25) is 4.79 Å². The standard InChI is InChI=1S/C19H23NO/c1-19-9-2-3-17(19)16-7-4-12-11-13(18(20)21)5-6-14(12)15(16)8-10-19/h2,5-6,9,11,15-17H,3-4,7-8,10H2,1H3,(H2,20,21)/t15-,16-,17+,19+/m1/s1. The van der Waals surface area contributed by atoms with E-state index in [0.29, 0.717) is 16.9 Å². The minimum atomic E-state index is -0.309. The van der Waals surface area contributed by atoms with Gasteiger partial charge in [0.15, 0.2) is 0 Å². The molecule has 3 aliphatic rings. The van der Waals surface area contributed by atoms with Crippen LogP contribution < -0.4 is 5.73 Å². The largest absolute Gasteiger partial charge is 0.366 e. The Morgan fingerprint density at radius 1 is 1.33 bits per heavy atom. The lowest BCUT2D eigenvalue weighted by Crippen LogP contribution is -2.39. The number of amides is 1. The van der Waals surface area contributed by atoms with E-state index in [9.17, 15) is 4.79 Å². The lowest BCUT2D eigenvalue weighted by Gasteiger charge is -2.49. The number of hydrogen-bond acceptors (Lipinski definition) is 1. The molecule has 0 aliphatic heterocycles. The molecule has 21 heavy (non-hydrogen) atoms. The van der Waals surface area contributed by atoms with Gasteiger partial charge in [0.25, 0.3) is 0 Å². The van der Waals surface area contributed by atoms with E-state index in [-0.39, 0.29) is 5.91 Å². The highest BCUT2D eigenvalue weighted by Gasteiger charge is 2.48. The molecule has 110 valence electrons. The third-order valence-electron chi connectivity index (χ3n) is 6.34. The molecule has 0 spiro atoms. The van der Waals surface area contributed by atoms with Crippen LogP contribution in [0.2, 0.25) is 0 Å². The van der Waals surface area contributed by atoms with E-state index in [4.69, 9.17) is 5.73 Å². The molecule has 1 fully saturated rings. The monoisotopic (exact) mass is 281 g/mol. The van der Waals surface area contributed by atoms with Crippen LogP contribution in [0.1, 0.15) is 60.0 Å². The number of rotatable bonds is 1. The van der Waals surface area contributed by atoms with Crippen LogP contribution in [0.3, 0.4) is 0 Å². The van der Waals surface area contributed by atoms with Gasteiger partial charge in [0.2, 0.25) is 5.91 Å². The molecule has 1 amide bonds. The Balaban J connectivity index is 1.70. The maximum atomic E-state index is 11.4. The summed E-state index contributed by atoms with van der Waals surface area (Å²) in [5.41, 5.74) is 9.37. The van der Waals surface area contributed by atoms with Crippen LogP contribution in [0, 0.1) is 17.3 Å². The van der Waals surface area contributed by atoms with Gasteiger partial charge >= 0.3 is 0 Å². The van der Waals surface area contributed by atoms with Gasteiger partial charge < -0.3 is 5.73 Å². The van der Waals surface area contributed by atoms with E-state index in [1.165, 1.54) is 36.8 Å². The average molecular weight is 281 g/mol. The van der Waals surface area contributed by atoms with Crippen LogP contribution in [0.5, 0.6) is 0 Å². The van der Waals surface area contributed by atoms with E-state index >= 15 is 0 Å². The molecule has 0 unspecified atom stereocenters. The Morgan fingerprint density at radius 3 is 3.00 bits per heavy atom. The number of aryl methyl sites for hydroxylation is 1. The molecule has 4 atom stereocenters. The fraction of sp³-hybridized carbons (Fsp3) is 0.526. The summed E-state index contributed by atoms with van der Waals surface area (Å²) >= 11 is 0. The van der Waals surface area contributed by atoms with Gasteiger partial charge in [0.05, 0.1) is 0 Å². The Bertz CT molecular complexity index is 632. The fourth-order valence-electron chi connectivity index (χ4n) is 5.22. The molecular formula is C19H23NO. The molecule has 0 aromatic heterocycles. The minimum Gasteiger partial charge on any atom is -0.366 e. The predicted molar refractivity (Wildman–Crippen MR) is 84.1 cm³/mol. The van der Waals surface area contributed by atoms with Crippen LogP contribution in [0.25, 0.3) is 0 Å². The second-order valence-electron chi connectivity index (χ2n) is 7.38. The molecule has 1 aromatic carbocycles. The zero-order valence-corrected chi connectivity index (χ0v) is 12.6. The highest BCUT2D eigenvalue weighted by atomic mass is 16.1. The van der Waals surface area contributed by atoms with Crippen LogP contribution in [-0.4, -0.2) is 5.91 Å². The first kappa shape index (κ1) is 13.1. The second kappa shape index (κ2) is 4.46. The van der Waals surface area contributed by atoms with Gasteiger partial charge in [-0.05, 0) is 78.5 Å². The van der Waals surface area contributed by atoms with Crippen LogP contribution in [0.15, 0.2) is 30.4 Å². The molecule has 4 rings (SSSR count). The van der Waals surface area contributed by atoms with Crippen LogP contribution in [0.4, 0.5) is 0 Å². The van der Waals surface area contributed by atoms with E-state index in [1.807, 2.05) is 12.1 Å². The lowest BCUT2D eigenvalue weighted by atomic mass is 9.56. The summed E-state index contributed by atoms with van der Waals surface area (Å²) in [6.07, 6.45) is 11.1. The van der Waals surface area contributed by atoms with Crippen molar-refractivity contribution >= 4 is 5.91 Å². The summed E-state index contributed by atoms with van der Waals surface area (Å²) in [6.45, 7) is 2.45. The molecule has 2 heteroatoms. The fourth-order valence-corrected chi connectivity index (χ4v) is 5.22. The van der Waals surface area contributed by atoms with Gasteiger partial charge in [0.1, 0.15) is 0 Å². The van der Waals surface area contributed by atoms with Gasteiger partial charge in [-0.1, -0.05) is 25.1 Å². The molecule has 2 nitrogen and oxygen atoms in total. The van der Waals surface area contributed by atoms with Crippen molar-refractivity contribution in [2.24, 2.45) is 23.0 Å². The number of hydrogen-bond donors (Lipinski definition) is 1. The lowest BCUT2D eigenvalue weighted by molar-refractivity contribution is 0.0826. The number of primary amides is 1. The van der Waals surface area contributed by atoms with Crippen LogP contribution in [-0.2, 0) is 6.42 Å². The molecule has 0 saturated heterocycles. The van der Waals surface area contributed by atoms with Crippen molar-refractivity contribution < 1.29 is 4.79 Å². The van der Waals surface area contributed by atoms with E-state index < -0.39 is 0 Å². The van der Waals surface area contributed by atoms with Crippen LogP contribution >= 0.6 is 0 Å². The molecule has 0 radical (unpaired) electrons. The van der Waals surface area contributed by atoms with Crippen molar-refractivity contribution in [3.63, 3.8) is 0 Å². The van der Waals surface area contributed by atoms with Gasteiger partial charge in [-0.15, -0.1) is 0 Å². The van der Waals surface area contributed by atoms with Gasteiger partial charge in [-0.2, -0.15) is 0 Å². The normalized spacial score (nSPS) is 36.7. The summed E-state index contributed by atoms with van der Waals surface area (Å²) in [5, 5.41) is 0. The Kier molecular flexibility index (Phi) is 2.79. The maximum absolute atomic E-state index is 11.4. The first-order chi connectivity index (χ1) is 10.1. The molecule has 2 N–H and O–H groups in total. The molecule has 1 aromatic rings. The SMILES string of the molecule is C[C@@]12C=CC[C@H]1[C@@H]1CCc3cc(C(N)=O)ccc3[C@H]1CC2. The summed E-state index contributed by atoms with van der Waals surface area (Å²) in [6, 6.07) is 6.14. The molecular weight excluding hydrogens is 258 g/mol. The Hall–Kier alpha value is -1.57. The number of benzene rings is 1. The average Bonchev–Trinajstić information content (AvgIpc) is 2.88. The van der Waals surface area contributed by atoms with Crippen molar-refractivity contribution in [2.45, 2.75) is 44.9 Å². The Morgan fingerprint density at radius 2 is 2.19 bits per heavy atom. The Labute approximate surface area is 126 Å². The van der Waals surface area contributed by atoms with Gasteiger partial charge in [-0.25, -0.2) is 0 Å². The number of carbonyl (C=O) groups is 1. The van der Waals surface area contributed by atoms with Crippen molar-refractivity contribution in [2.75, 3.05) is 0 Å². The number of allylic oxidation sites excluding steroid dienone is 2. The first-order valence-electron chi connectivity index (χ1n) is 8.19. The summed E-state index contributed by atoms with van der Waals surface area (Å²) in [7, 11) is 0. The van der Waals surface area contributed by atoms with Crippen molar-refractivity contribution in [3.05, 3.63) is 47.0 Å². The quantitative estimate of drug-likeness (QED) is 0.782. The summed E-state index contributed by atoms with van der Waals surface area (Å²) < 4.78 is 0. The molecule has 3 aliphatic carbocycles. The second-order valence-corrected chi connectivity index (χ2v) is 7.38. The van der Waals surface area contributed by atoms with Crippen molar-refractivity contribution in [3.8, 4) is 0 Å². The topological polar surface area (TPSA) is 43.1 Å². The van der Waals surface area contributed by atoms with Gasteiger partial charge in [0, 0.05) is 5.56 Å². The zero-order valence-electron chi connectivity index (χ0n) is 12.6. The smallest absolute Gasteiger partial charge is 0.248 e. The highest BCUT2D eigenvalue weighted by Crippen LogP contribution is 2.58. The number of nitrogens with two attached hydrogens (primary N) is 1. The van der Waals surface area contributed by atoms with E-state index in [1.54, 1.807) is 0 Å². The van der Waals surface area contributed by atoms with Crippen molar-refractivity contribution in [1.82, 2.24) is 0 Å².